The third-order valence-corrected chi connectivity index (χ3v) is 6.59. The lowest BCUT2D eigenvalue weighted by atomic mass is 10.0. The minimum Gasteiger partial charge on any atom is -0.344 e. The van der Waals surface area contributed by atoms with Crippen molar-refractivity contribution in [3.05, 3.63) is 30.3 Å². The highest BCUT2D eigenvalue weighted by molar-refractivity contribution is 7.86. The third kappa shape index (κ3) is 24.0. The lowest BCUT2D eigenvalue weighted by Crippen LogP contribution is -2.07. The van der Waals surface area contributed by atoms with Crippen molar-refractivity contribution in [3.8, 4) is 0 Å². The van der Waals surface area contributed by atoms with Crippen LogP contribution in [0.4, 0.5) is 0 Å². The zero-order chi connectivity index (χ0) is 23.9. The maximum absolute atomic E-state index is 12.0. The molecule has 0 fully saturated rings. The molecule has 33 heavy (non-hydrogen) atoms. The van der Waals surface area contributed by atoms with E-state index in [1.165, 1.54) is 89.9 Å². The number of hydrogen-bond donors (Lipinski definition) is 1. The molecule has 0 aliphatic carbocycles. The quantitative estimate of drug-likeness (QED) is 0.158. The molecule has 6 heteroatoms. The molecule has 196 valence electrons. The number of unbranched alkanes of at least 4 members (excludes halogenated alkanes) is 15. The van der Waals surface area contributed by atoms with Crippen LogP contribution in [0.25, 0.3) is 0 Å². The van der Waals surface area contributed by atoms with Gasteiger partial charge in [0, 0.05) is 0 Å². The van der Waals surface area contributed by atoms with Crippen LogP contribution in [0.3, 0.4) is 0 Å². The maximum Gasteiger partial charge on any atom is 0.296 e. The molecule has 0 aromatic heterocycles. The molecule has 0 heterocycles. The summed E-state index contributed by atoms with van der Waals surface area (Å²) in [6.45, 7) is 2.56. The van der Waals surface area contributed by atoms with Crippen LogP contribution in [0.1, 0.15) is 110 Å². The highest BCUT2D eigenvalue weighted by Gasteiger charge is 2.13. The lowest BCUT2D eigenvalue weighted by molar-refractivity contribution is 0.306. The molecule has 0 spiro atoms. The molecule has 0 amide bonds. The van der Waals surface area contributed by atoms with E-state index < -0.39 is 10.1 Å². The summed E-state index contributed by atoms with van der Waals surface area (Å²) < 4.78 is 29.0. The minimum atomic E-state index is -3.58. The summed E-state index contributed by atoms with van der Waals surface area (Å²) in [5.41, 5.74) is 0. The van der Waals surface area contributed by atoms with Crippen LogP contribution in [-0.4, -0.2) is 41.1 Å². The van der Waals surface area contributed by atoms with Crippen molar-refractivity contribution in [2.24, 2.45) is 0 Å². The molecule has 0 atom stereocenters. The molecule has 0 saturated heterocycles. The first kappa shape index (κ1) is 34.2. The molecule has 0 bridgehead atoms. The van der Waals surface area contributed by atoms with Gasteiger partial charge >= 0.3 is 0 Å². The Bertz CT molecular complexity index is 604. The van der Waals surface area contributed by atoms with Gasteiger partial charge in [0.25, 0.3) is 10.1 Å². The summed E-state index contributed by atoms with van der Waals surface area (Å²) >= 11 is 0. The zero-order valence-corrected chi connectivity index (χ0v) is 23.0. The normalized spacial score (nSPS) is 11.1. The molecule has 3 N–H and O–H groups in total. The van der Waals surface area contributed by atoms with E-state index in [-0.39, 0.29) is 17.7 Å². The SMILES string of the molecule is CCCCCCCCCCCCCCCCCCOS(=O)(=O)c1ccccc1.CN(C)C.N. The third-order valence-electron chi connectivity index (χ3n) is 5.27. The van der Waals surface area contributed by atoms with Crippen LogP contribution in [0.2, 0.25) is 0 Å². The summed E-state index contributed by atoms with van der Waals surface area (Å²) in [6, 6.07) is 8.37. The molecule has 0 aliphatic rings. The summed E-state index contributed by atoms with van der Waals surface area (Å²) in [4.78, 5) is 2.24. The highest BCUT2D eigenvalue weighted by atomic mass is 32.2. The van der Waals surface area contributed by atoms with Gasteiger partial charge in [-0.15, -0.1) is 0 Å². The average molecular weight is 487 g/mol. The van der Waals surface area contributed by atoms with Crippen molar-refractivity contribution in [1.82, 2.24) is 11.1 Å². The molecule has 0 radical (unpaired) electrons. The first-order valence-corrected chi connectivity index (χ1v) is 14.4. The Morgan fingerprint density at radius 1 is 0.636 bits per heavy atom. The van der Waals surface area contributed by atoms with Gasteiger partial charge in [0.15, 0.2) is 0 Å². The predicted molar refractivity (Wildman–Crippen MR) is 144 cm³/mol. The van der Waals surface area contributed by atoms with Crippen molar-refractivity contribution in [3.63, 3.8) is 0 Å². The number of nitrogens with zero attached hydrogens (tertiary/aromatic N) is 1. The zero-order valence-electron chi connectivity index (χ0n) is 22.2. The van der Waals surface area contributed by atoms with E-state index in [1.807, 2.05) is 26.0 Å². The fourth-order valence-corrected chi connectivity index (χ4v) is 4.44. The molecular formula is C27H54N2O3S. The van der Waals surface area contributed by atoms with Crippen LogP contribution in [-0.2, 0) is 14.3 Å². The highest BCUT2D eigenvalue weighted by Crippen LogP contribution is 2.15. The second kappa shape index (κ2) is 24.2. The van der Waals surface area contributed by atoms with Crippen LogP contribution in [0.15, 0.2) is 35.2 Å². The van der Waals surface area contributed by atoms with Crippen LogP contribution in [0, 0.1) is 0 Å². The van der Waals surface area contributed by atoms with Crippen molar-refractivity contribution < 1.29 is 12.6 Å². The molecular weight excluding hydrogens is 432 g/mol. The predicted octanol–water partition coefficient (Wildman–Crippen LogP) is 7.99. The van der Waals surface area contributed by atoms with Gasteiger partial charge < -0.3 is 11.1 Å². The Hall–Kier alpha value is -0.950. The maximum atomic E-state index is 12.0. The van der Waals surface area contributed by atoms with E-state index in [9.17, 15) is 8.42 Å². The van der Waals surface area contributed by atoms with Crippen molar-refractivity contribution in [2.45, 2.75) is 115 Å². The summed E-state index contributed by atoms with van der Waals surface area (Å²) in [5, 5.41) is 0. The number of hydrogen-bond acceptors (Lipinski definition) is 5. The largest absolute Gasteiger partial charge is 0.344 e. The van der Waals surface area contributed by atoms with Crippen molar-refractivity contribution in [2.75, 3.05) is 27.7 Å². The van der Waals surface area contributed by atoms with Crippen LogP contribution in [0.5, 0.6) is 0 Å². The van der Waals surface area contributed by atoms with E-state index in [1.54, 1.807) is 30.3 Å². The first-order valence-electron chi connectivity index (χ1n) is 13.0. The van der Waals surface area contributed by atoms with E-state index in [4.69, 9.17) is 4.18 Å². The topological polar surface area (TPSA) is 81.6 Å². The molecule has 1 aromatic rings. The first-order chi connectivity index (χ1) is 15.4. The van der Waals surface area contributed by atoms with Crippen LogP contribution >= 0.6 is 0 Å². The summed E-state index contributed by atoms with van der Waals surface area (Å²) in [5.74, 6) is 0. The van der Waals surface area contributed by atoms with Gasteiger partial charge in [-0.05, 0) is 39.7 Å². The van der Waals surface area contributed by atoms with Gasteiger partial charge in [0.05, 0.1) is 11.5 Å². The Morgan fingerprint density at radius 3 is 1.33 bits per heavy atom. The van der Waals surface area contributed by atoms with Gasteiger partial charge in [0.2, 0.25) is 0 Å². The number of benzene rings is 1. The van der Waals surface area contributed by atoms with E-state index in [2.05, 4.69) is 6.92 Å². The lowest BCUT2D eigenvalue weighted by Gasteiger charge is -2.06. The second-order valence-corrected chi connectivity index (χ2v) is 10.8. The fraction of sp³-hybridized carbons (Fsp3) is 0.778. The van der Waals surface area contributed by atoms with E-state index >= 15 is 0 Å². The minimum absolute atomic E-state index is 0. The molecule has 1 rings (SSSR count). The smallest absolute Gasteiger partial charge is 0.296 e. The van der Waals surface area contributed by atoms with E-state index in [0.717, 1.165) is 12.8 Å². The fourth-order valence-electron chi connectivity index (χ4n) is 3.47. The Balaban J connectivity index is 0. The van der Waals surface area contributed by atoms with Gasteiger partial charge in [0.1, 0.15) is 0 Å². The van der Waals surface area contributed by atoms with Crippen molar-refractivity contribution in [1.29, 1.82) is 0 Å². The standard InChI is InChI=1S/C24H42O3S.C3H9N.H3N/c1-2-3-4-5-6-7-8-9-10-11-12-13-14-15-16-20-23-27-28(25,26)24-21-18-17-19-22-24;1-4(2)3;/h17-19,21-22H,2-16,20,23H2,1H3;1-3H3;1H3. The van der Waals surface area contributed by atoms with Gasteiger partial charge in [-0.1, -0.05) is 121 Å². The monoisotopic (exact) mass is 486 g/mol. The van der Waals surface area contributed by atoms with Crippen molar-refractivity contribution >= 4 is 10.1 Å². The second-order valence-electron chi connectivity index (χ2n) is 9.23. The van der Waals surface area contributed by atoms with Gasteiger partial charge in [-0.3, -0.25) is 4.18 Å². The summed E-state index contributed by atoms with van der Waals surface area (Å²) in [6.07, 6.45) is 20.9. The number of rotatable bonds is 19. The Labute approximate surface area is 206 Å². The Morgan fingerprint density at radius 2 is 0.970 bits per heavy atom. The average Bonchev–Trinajstić information content (AvgIpc) is 2.76. The van der Waals surface area contributed by atoms with Crippen LogP contribution < -0.4 is 6.15 Å². The molecule has 0 aliphatic heterocycles. The summed E-state index contributed by atoms with van der Waals surface area (Å²) in [7, 11) is 2.42. The Kier molecular flexibility index (Phi) is 25.1. The molecule has 0 saturated carbocycles. The molecule has 1 aromatic carbocycles. The van der Waals surface area contributed by atoms with E-state index in [0.29, 0.717) is 0 Å². The molecule has 0 unspecified atom stereocenters. The molecule has 5 nitrogen and oxygen atoms in total. The van der Waals surface area contributed by atoms with Gasteiger partial charge in [-0.2, -0.15) is 8.42 Å². The van der Waals surface area contributed by atoms with Gasteiger partial charge in [-0.25, -0.2) is 0 Å².